The predicted octanol–water partition coefficient (Wildman–Crippen LogP) is 3.44. The number of ether oxygens (including phenoxy) is 1. The molecule has 2 rings (SSSR count). The number of amides is 1. The first-order valence-electron chi connectivity index (χ1n) is 7.46. The third-order valence-electron chi connectivity index (χ3n) is 3.42. The molecule has 0 aliphatic carbocycles. The van der Waals surface area contributed by atoms with Gasteiger partial charge in [0.15, 0.2) is 0 Å². The molecule has 1 atom stereocenters. The zero-order chi connectivity index (χ0) is 18.2. The molecule has 1 heterocycles. The lowest BCUT2D eigenvalue weighted by Crippen LogP contribution is -2.28. The third kappa shape index (κ3) is 5.23. The largest absolute Gasteiger partial charge is 0.497 e. The van der Waals surface area contributed by atoms with E-state index < -0.39 is 5.91 Å². The second kappa shape index (κ2) is 8.71. The molecule has 1 unspecified atom stereocenters. The lowest BCUT2D eigenvalue weighted by molar-refractivity contribution is -0.117. The minimum atomic E-state index is -0.479. The molecule has 1 aromatic heterocycles. The molecule has 1 aromatic carbocycles. The van der Waals surface area contributed by atoms with Crippen LogP contribution in [0.2, 0.25) is 5.02 Å². The van der Waals surface area contributed by atoms with E-state index in [0.29, 0.717) is 10.8 Å². The fourth-order valence-corrected chi connectivity index (χ4v) is 2.12. The van der Waals surface area contributed by atoms with Crippen molar-refractivity contribution in [3.8, 4) is 11.8 Å². The lowest BCUT2D eigenvalue weighted by atomic mass is 10.1. The smallest absolute Gasteiger partial charge is 0.263 e. The van der Waals surface area contributed by atoms with Gasteiger partial charge in [0.2, 0.25) is 0 Å². The molecule has 6 nitrogen and oxygen atoms in total. The van der Waals surface area contributed by atoms with Crippen LogP contribution in [0.5, 0.6) is 5.75 Å². The Kier molecular flexibility index (Phi) is 6.38. The van der Waals surface area contributed by atoms with Gasteiger partial charge in [0.05, 0.1) is 18.2 Å². The summed E-state index contributed by atoms with van der Waals surface area (Å²) >= 11 is 5.76. The van der Waals surface area contributed by atoms with E-state index in [1.54, 1.807) is 19.2 Å². The van der Waals surface area contributed by atoms with Crippen LogP contribution in [0.4, 0.5) is 5.82 Å². The van der Waals surface area contributed by atoms with Crippen molar-refractivity contribution in [1.29, 1.82) is 5.26 Å². The molecule has 0 aliphatic rings. The van der Waals surface area contributed by atoms with E-state index in [2.05, 4.69) is 15.6 Å². The van der Waals surface area contributed by atoms with Crippen LogP contribution in [-0.2, 0) is 4.79 Å². The Morgan fingerprint density at radius 2 is 2.04 bits per heavy atom. The van der Waals surface area contributed by atoms with Gasteiger partial charge < -0.3 is 15.4 Å². The van der Waals surface area contributed by atoms with E-state index in [-0.39, 0.29) is 11.6 Å². The summed E-state index contributed by atoms with van der Waals surface area (Å²) in [6.45, 7) is 1.84. The molecule has 2 aromatic rings. The summed E-state index contributed by atoms with van der Waals surface area (Å²) in [6.07, 6.45) is 2.78. The number of nitriles is 1. The number of hydrogen-bond acceptors (Lipinski definition) is 5. The number of hydrogen-bond donors (Lipinski definition) is 2. The Morgan fingerprint density at radius 3 is 2.60 bits per heavy atom. The predicted molar refractivity (Wildman–Crippen MR) is 96.1 cm³/mol. The SMILES string of the molecule is COc1ccc(C(C)NC(=O)/C(C#N)=C\Nc2ccc(Cl)cn2)cc1. The molecular weight excluding hydrogens is 340 g/mol. The normalized spacial score (nSPS) is 12.0. The lowest BCUT2D eigenvalue weighted by Gasteiger charge is -2.14. The number of pyridine rings is 1. The van der Waals surface area contributed by atoms with Gasteiger partial charge in [-0.25, -0.2) is 4.98 Å². The minimum absolute atomic E-state index is 0.0582. The number of anilines is 1. The van der Waals surface area contributed by atoms with Crippen molar-refractivity contribution in [3.05, 3.63) is 65.0 Å². The standard InChI is InChI=1S/C18H17ClN4O2/c1-12(13-3-6-16(25-2)7-4-13)23-18(24)14(9-20)10-21-17-8-5-15(19)11-22-17/h3-8,10-12H,1-2H3,(H,21,22)(H,23,24)/b14-10-. The molecule has 0 bridgehead atoms. The number of rotatable bonds is 6. The van der Waals surface area contributed by atoms with E-state index >= 15 is 0 Å². The summed E-state index contributed by atoms with van der Waals surface area (Å²) < 4.78 is 5.11. The zero-order valence-corrected chi connectivity index (χ0v) is 14.5. The number of nitrogens with one attached hydrogen (secondary N) is 2. The summed E-state index contributed by atoms with van der Waals surface area (Å²) in [5.74, 6) is 0.736. The summed E-state index contributed by atoms with van der Waals surface area (Å²) in [6, 6.07) is 12.2. The molecule has 128 valence electrons. The number of benzene rings is 1. The highest BCUT2D eigenvalue weighted by molar-refractivity contribution is 6.30. The van der Waals surface area contributed by atoms with Crippen molar-refractivity contribution in [2.24, 2.45) is 0 Å². The van der Waals surface area contributed by atoms with Crippen LogP contribution in [0.3, 0.4) is 0 Å². The summed E-state index contributed by atoms with van der Waals surface area (Å²) in [4.78, 5) is 16.3. The molecule has 0 saturated carbocycles. The number of carbonyl (C=O) groups excluding carboxylic acids is 1. The second-order valence-corrected chi connectivity index (χ2v) is 5.58. The molecule has 25 heavy (non-hydrogen) atoms. The van der Waals surface area contributed by atoms with Gasteiger partial charge in [-0.3, -0.25) is 4.79 Å². The van der Waals surface area contributed by atoms with Crippen LogP contribution in [0, 0.1) is 11.3 Å². The molecule has 0 saturated heterocycles. The fraction of sp³-hybridized carbons (Fsp3) is 0.167. The molecule has 1 amide bonds. The van der Waals surface area contributed by atoms with Gasteiger partial charge in [-0.1, -0.05) is 23.7 Å². The number of nitrogens with zero attached hydrogens (tertiary/aromatic N) is 2. The van der Waals surface area contributed by atoms with Crippen LogP contribution in [0.15, 0.2) is 54.4 Å². The number of aromatic nitrogens is 1. The van der Waals surface area contributed by atoms with Gasteiger partial charge >= 0.3 is 0 Å². The maximum Gasteiger partial charge on any atom is 0.263 e. The summed E-state index contributed by atoms with van der Waals surface area (Å²) in [5, 5.41) is 15.3. The highest BCUT2D eigenvalue weighted by Gasteiger charge is 2.14. The molecule has 0 spiro atoms. The molecule has 0 aliphatic heterocycles. The van der Waals surface area contributed by atoms with Crippen LogP contribution in [0.1, 0.15) is 18.5 Å². The van der Waals surface area contributed by atoms with Crippen LogP contribution in [-0.4, -0.2) is 18.0 Å². The maximum absolute atomic E-state index is 12.2. The molecule has 0 fully saturated rings. The molecular formula is C18H17ClN4O2. The molecule has 2 N–H and O–H groups in total. The Morgan fingerprint density at radius 1 is 1.32 bits per heavy atom. The highest BCUT2D eigenvalue weighted by atomic mass is 35.5. The van der Waals surface area contributed by atoms with E-state index in [1.807, 2.05) is 37.3 Å². The van der Waals surface area contributed by atoms with E-state index in [0.717, 1.165) is 11.3 Å². The van der Waals surface area contributed by atoms with Crippen molar-refractivity contribution >= 4 is 23.3 Å². The second-order valence-electron chi connectivity index (χ2n) is 5.14. The fourth-order valence-electron chi connectivity index (χ4n) is 2.01. The summed E-state index contributed by atoms with van der Waals surface area (Å²) in [7, 11) is 1.59. The highest BCUT2D eigenvalue weighted by Crippen LogP contribution is 2.17. The van der Waals surface area contributed by atoms with E-state index in [1.165, 1.54) is 12.4 Å². The van der Waals surface area contributed by atoms with Crippen molar-refractivity contribution in [2.75, 3.05) is 12.4 Å². The van der Waals surface area contributed by atoms with Gasteiger partial charge in [-0.2, -0.15) is 5.26 Å². The van der Waals surface area contributed by atoms with Gasteiger partial charge in [-0.15, -0.1) is 0 Å². The number of halogens is 1. The van der Waals surface area contributed by atoms with Gasteiger partial charge in [0, 0.05) is 12.4 Å². The first-order chi connectivity index (χ1) is 12.0. The van der Waals surface area contributed by atoms with Crippen molar-refractivity contribution in [1.82, 2.24) is 10.3 Å². The Balaban J connectivity index is 2.01. The zero-order valence-electron chi connectivity index (χ0n) is 13.8. The first-order valence-corrected chi connectivity index (χ1v) is 7.84. The monoisotopic (exact) mass is 356 g/mol. The van der Waals surface area contributed by atoms with Gasteiger partial charge in [0.1, 0.15) is 23.2 Å². The third-order valence-corrected chi connectivity index (χ3v) is 3.64. The minimum Gasteiger partial charge on any atom is -0.497 e. The van der Waals surface area contributed by atoms with Crippen LogP contribution >= 0.6 is 11.6 Å². The molecule has 7 heteroatoms. The van der Waals surface area contributed by atoms with Gasteiger partial charge in [0.25, 0.3) is 5.91 Å². The average molecular weight is 357 g/mol. The maximum atomic E-state index is 12.2. The van der Waals surface area contributed by atoms with Crippen LogP contribution in [0.25, 0.3) is 0 Å². The quantitative estimate of drug-likeness (QED) is 0.611. The number of carbonyl (C=O) groups is 1. The van der Waals surface area contributed by atoms with Crippen LogP contribution < -0.4 is 15.4 Å². The molecule has 0 radical (unpaired) electrons. The topological polar surface area (TPSA) is 87.0 Å². The first kappa shape index (κ1) is 18.3. The summed E-state index contributed by atoms with van der Waals surface area (Å²) in [5.41, 5.74) is 0.843. The Labute approximate surface area is 151 Å². The average Bonchev–Trinajstić information content (AvgIpc) is 2.63. The van der Waals surface area contributed by atoms with Crippen molar-refractivity contribution < 1.29 is 9.53 Å². The Hall–Kier alpha value is -3.04. The van der Waals surface area contributed by atoms with Crippen molar-refractivity contribution in [2.45, 2.75) is 13.0 Å². The van der Waals surface area contributed by atoms with Gasteiger partial charge in [-0.05, 0) is 36.8 Å². The van der Waals surface area contributed by atoms with E-state index in [4.69, 9.17) is 16.3 Å². The Bertz CT molecular complexity index is 795. The number of methoxy groups -OCH3 is 1. The van der Waals surface area contributed by atoms with E-state index in [9.17, 15) is 10.1 Å². The van der Waals surface area contributed by atoms with Crippen molar-refractivity contribution in [3.63, 3.8) is 0 Å².